The largest absolute Gasteiger partial charge is 0.490 e. The van der Waals surface area contributed by atoms with Crippen molar-refractivity contribution in [3.8, 4) is 5.75 Å². The van der Waals surface area contributed by atoms with Crippen molar-refractivity contribution >= 4 is 9.84 Å². The van der Waals surface area contributed by atoms with Crippen LogP contribution in [-0.2, 0) is 9.84 Å². The Labute approximate surface area is 124 Å². The van der Waals surface area contributed by atoms with Crippen LogP contribution in [-0.4, -0.2) is 31.1 Å². The van der Waals surface area contributed by atoms with Gasteiger partial charge in [0.25, 0.3) is 0 Å². The quantitative estimate of drug-likeness (QED) is 0.927. The van der Waals surface area contributed by atoms with E-state index in [4.69, 9.17) is 4.74 Å². The summed E-state index contributed by atoms with van der Waals surface area (Å²) < 4.78 is 42.7. The van der Waals surface area contributed by atoms with E-state index in [-0.39, 0.29) is 16.9 Å². The number of ether oxygens (including phenoxy) is 1. The minimum absolute atomic E-state index is 0.213. The summed E-state index contributed by atoms with van der Waals surface area (Å²) in [7, 11) is -3.06. The summed E-state index contributed by atoms with van der Waals surface area (Å²) in [6, 6.07) is 4.34. The van der Waals surface area contributed by atoms with Crippen molar-refractivity contribution in [2.45, 2.75) is 50.1 Å². The van der Waals surface area contributed by atoms with Gasteiger partial charge in [0.1, 0.15) is 21.4 Å². The fraction of sp³-hybridized carbons (Fsp3) is 0.600. The van der Waals surface area contributed by atoms with Gasteiger partial charge in [0.2, 0.25) is 0 Å². The Morgan fingerprint density at radius 3 is 2.67 bits per heavy atom. The third-order valence-electron chi connectivity index (χ3n) is 3.91. The van der Waals surface area contributed by atoms with E-state index >= 15 is 0 Å². The summed E-state index contributed by atoms with van der Waals surface area (Å²) in [5.74, 6) is -0.144. The fourth-order valence-electron chi connectivity index (χ4n) is 2.71. The molecule has 0 radical (unpaired) electrons. The molecule has 0 bridgehead atoms. The maximum Gasteiger partial charge on any atom is 0.150 e. The van der Waals surface area contributed by atoms with Gasteiger partial charge in [-0.05, 0) is 38.3 Å². The molecule has 0 aliphatic heterocycles. The summed E-state index contributed by atoms with van der Waals surface area (Å²) >= 11 is 0. The van der Waals surface area contributed by atoms with Crippen molar-refractivity contribution in [2.75, 3.05) is 6.26 Å². The maximum atomic E-state index is 13.8. The second-order valence-corrected chi connectivity index (χ2v) is 8.04. The van der Waals surface area contributed by atoms with Gasteiger partial charge in [-0.3, -0.25) is 0 Å². The van der Waals surface area contributed by atoms with E-state index < -0.39 is 21.8 Å². The molecule has 0 aromatic heterocycles. The highest BCUT2D eigenvalue weighted by Crippen LogP contribution is 2.29. The lowest BCUT2D eigenvalue weighted by molar-refractivity contribution is 0.155. The second-order valence-electron chi connectivity index (χ2n) is 5.72. The van der Waals surface area contributed by atoms with Gasteiger partial charge in [-0.25, -0.2) is 12.8 Å². The van der Waals surface area contributed by atoms with E-state index in [1.54, 1.807) is 6.07 Å². The van der Waals surface area contributed by atoms with Crippen LogP contribution in [0.25, 0.3) is 0 Å². The van der Waals surface area contributed by atoms with Crippen molar-refractivity contribution < 1.29 is 22.7 Å². The third-order valence-corrected chi connectivity index (χ3v) is 5.55. The number of sulfone groups is 1. The smallest absolute Gasteiger partial charge is 0.150 e. The first-order valence-electron chi connectivity index (χ1n) is 7.10. The van der Waals surface area contributed by atoms with Crippen LogP contribution in [0, 0.1) is 5.82 Å². The SMILES string of the molecule is CC(O)c1ccc(OC2CCCC(S(C)(=O)=O)C2)cc1F. The lowest BCUT2D eigenvalue weighted by atomic mass is 9.97. The molecule has 0 amide bonds. The van der Waals surface area contributed by atoms with Gasteiger partial charge >= 0.3 is 0 Å². The molecule has 1 aromatic carbocycles. The Balaban J connectivity index is 2.06. The summed E-state index contributed by atoms with van der Waals surface area (Å²) in [6.07, 6.45) is 2.82. The number of benzene rings is 1. The summed E-state index contributed by atoms with van der Waals surface area (Å²) in [6.45, 7) is 1.50. The van der Waals surface area contributed by atoms with Crippen molar-refractivity contribution in [1.82, 2.24) is 0 Å². The van der Waals surface area contributed by atoms with Gasteiger partial charge in [0, 0.05) is 24.3 Å². The van der Waals surface area contributed by atoms with Gasteiger partial charge in [0.15, 0.2) is 0 Å². The minimum atomic E-state index is -3.06. The van der Waals surface area contributed by atoms with Crippen molar-refractivity contribution in [1.29, 1.82) is 0 Å². The standard InChI is InChI=1S/C15H21FO4S/c1-10(17)14-7-6-12(9-15(14)16)20-11-4-3-5-13(8-11)21(2,18)19/h6-7,9-11,13,17H,3-5,8H2,1-2H3. The molecule has 0 spiro atoms. The molecule has 0 saturated heterocycles. The summed E-state index contributed by atoms with van der Waals surface area (Å²) in [4.78, 5) is 0. The van der Waals surface area contributed by atoms with Crippen LogP contribution in [0.5, 0.6) is 5.75 Å². The van der Waals surface area contributed by atoms with Gasteiger partial charge in [-0.15, -0.1) is 0 Å². The van der Waals surface area contributed by atoms with E-state index in [0.717, 1.165) is 12.8 Å². The Kier molecular flexibility index (Phi) is 4.88. The van der Waals surface area contributed by atoms with Gasteiger partial charge < -0.3 is 9.84 Å². The Bertz CT molecular complexity index is 598. The van der Waals surface area contributed by atoms with Crippen molar-refractivity contribution in [2.24, 2.45) is 0 Å². The first-order chi connectivity index (χ1) is 9.77. The van der Waals surface area contributed by atoms with Gasteiger partial charge in [-0.2, -0.15) is 0 Å². The van der Waals surface area contributed by atoms with Crippen LogP contribution in [0.3, 0.4) is 0 Å². The van der Waals surface area contributed by atoms with Crippen LogP contribution in [0.1, 0.15) is 44.3 Å². The molecule has 2 rings (SSSR count). The second kappa shape index (κ2) is 6.32. The number of hydrogen-bond donors (Lipinski definition) is 1. The minimum Gasteiger partial charge on any atom is -0.490 e. The summed E-state index contributed by atoms with van der Waals surface area (Å²) in [5.41, 5.74) is 0.222. The van der Waals surface area contributed by atoms with Crippen LogP contribution in [0.15, 0.2) is 18.2 Å². The number of halogens is 1. The number of hydrogen-bond acceptors (Lipinski definition) is 4. The Morgan fingerprint density at radius 1 is 1.38 bits per heavy atom. The first kappa shape index (κ1) is 16.2. The predicted octanol–water partition coefficient (Wildman–Crippen LogP) is 2.61. The monoisotopic (exact) mass is 316 g/mol. The molecule has 1 N–H and O–H groups in total. The van der Waals surface area contributed by atoms with Crippen LogP contribution in [0.2, 0.25) is 0 Å². The van der Waals surface area contributed by atoms with Gasteiger partial charge in [0.05, 0.1) is 17.5 Å². The third kappa shape index (κ3) is 4.17. The van der Waals surface area contributed by atoms with E-state index in [1.807, 2.05) is 0 Å². The van der Waals surface area contributed by atoms with Gasteiger partial charge in [-0.1, -0.05) is 0 Å². The fourth-order valence-corrected chi connectivity index (χ4v) is 3.87. The molecule has 4 nitrogen and oxygen atoms in total. The molecule has 3 atom stereocenters. The van der Waals surface area contributed by atoms with E-state index in [0.29, 0.717) is 18.6 Å². The van der Waals surface area contributed by atoms with E-state index in [2.05, 4.69) is 0 Å². The van der Waals surface area contributed by atoms with Crippen molar-refractivity contribution in [3.05, 3.63) is 29.6 Å². The predicted molar refractivity (Wildman–Crippen MR) is 78.5 cm³/mol. The average Bonchev–Trinajstić information content (AvgIpc) is 2.37. The number of rotatable bonds is 4. The Morgan fingerprint density at radius 2 is 2.10 bits per heavy atom. The first-order valence-corrected chi connectivity index (χ1v) is 9.06. The molecule has 0 heterocycles. The molecule has 1 aromatic rings. The molecule has 3 unspecified atom stereocenters. The normalized spacial score (nSPS) is 24.6. The van der Waals surface area contributed by atoms with Crippen LogP contribution >= 0.6 is 0 Å². The molecule has 118 valence electrons. The van der Waals surface area contributed by atoms with E-state index in [1.165, 1.54) is 25.3 Å². The maximum absolute atomic E-state index is 13.8. The zero-order valence-corrected chi connectivity index (χ0v) is 13.1. The van der Waals surface area contributed by atoms with Crippen LogP contribution < -0.4 is 4.74 Å². The molecule has 21 heavy (non-hydrogen) atoms. The zero-order valence-electron chi connectivity index (χ0n) is 12.3. The van der Waals surface area contributed by atoms with Crippen molar-refractivity contribution in [3.63, 3.8) is 0 Å². The molecular weight excluding hydrogens is 295 g/mol. The molecular formula is C15H21FO4S. The topological polar surface area (TPSA) is 63.6 Å². The molecule has 1 aliphatic rings. The molecule has 1 fully saturated rings. The highest BCUT2D eigenvalue weighted by molar-refractivity contribution is 7.91. The molecule has 1 saturated carbocycles. The highest BCUT2D eigenvalue weighted by Gasteiger charge is 2.30. The number of aliphatic hydroxyl groups excluding tert-OH is 1. The zero-order chi connectivity index (χ0) is 15.6. The summed E-state index contributed by atoms with van der Waals surface area (Å²) in [5, 5.41) is 9.02. The lowest BCUT2D eigenvalue weighted by Gasteiger charge is -2.28. The molecule has 6 heteroatoms. The highest BCUT2D eigenvalue weighted by atomic mass is 32.2. The number of aliphatic hydroxyl groups is 1. The lowest BCUT2D eigenvalue weighted by Crippen LogP contribution is -2.33. The van der Waals surface area contributed by atoms with E-state index in [9.17, 15) is 17.9 Å². The average molecular weight is 316 g/mol. The van der Waals surface area contributed by atoms with Crippen LogP contribution in [0.4, 0.5) is 4.39 Å². The molecule has 1 aliphatic carbocycles. The Hall–Kier alpha value is -1.14.